The first kappa shape index (κ1) is 14.4. The average molecular weight is 326 g/mol. The van der Waals surface area contributed by atoms with E-state index in [0.29, 0.717) is 31.4 Å². The quantitative estimate of drug-likeness (QED) is 0.831. The zero-order valence-corrected chi connectivity index (χ0v) is 13.0. The molecule has 1 aromatic rings. The van der Waals surface area contributed by atoms with Gasteiger partial charge in [-0.05, 0) is 36.1 Å². The van der Waals surface area contributed by atoms with Gasteiger partial charge in [0.05, 0.1) is 6.54 Å². The number of hydrogen-bond donors (Lipinski definition) is 0. The van der Waals surface area contributed by atoms with Crippen LogP contribution in [0.1, 0.15) is 20.3 Å². The first-order valence-electron chi connectivity index (χ1n) is 6.72. The second-order valence-corrected chi connectivity index (χ2v) is 6.27. The van der Waals surface area contributed by atoms with E-state index in [1.54, 1.807) is 0 Å². The van der Waals surface area contributed by atoms with Crippen LogP contribution in [0.2, 0.25) is 0 Å². The summed E-state index contributed by atoms with van der Waals surface area (Å²) < 4.78 is 6.69. The van der Waals surface area contributed by atoms with Crippen LogP contribution >= 0.6 is 15.9 Å². The summed E-state index contributed by atoms with van der Waals surface area (Å²) in [5.74, 6) is 2.18. The molecule has 1 aliphatic heterocycles. The Morgan fingerprint density at radius 3 is 2.63 bits per heavy atom. The Hall–Kier alpha value is -1.03. The molecule has 3 nitrogen and oxygen atoms in total. The van der Waals surface area contributed by atoms with E-state index in [4.69, 9.17) is 4.74 Å². The van der Waals surface area contributed by atoms with E-state index < -0.39 is 0 Å². The second-order valence-electron chi connectivity index (χ2n) is 5.35. The minimum atomic E-state index is 0.262. The predicted octanol–water partition coefficient (Wildman–Crippen LogP) is 3.33. The van der Waals surface area contributed by atoms with Gasteiger partial charge in [0.15, 0.2) is 0 Å². The molecular weight excluding hydrogens is 306 g/mol. The molecule has 1 amide bonds. The van der Waals surface area contributed by atoms with Gasteiger partial charge in [-0.1, -0.05) is 29.8 Å². The van der Waals surface area contributed by atoms with E-state index in [0.717, 1.165) is 16.8 Å². The number of benzene rings is 1. The molecule has 1 saturated heterocycles. The van der Waals surface area contributed by atoms with Crippen molar-refractivity contribution in [3.8, 4) is 5.75 Å². The number of rotatable bonds is 5. The molecule has 0 N–H and O–H groups in total. The normalized spacial score (nSPS) is 19.3. The molecule has 1 unspecified atom stereocenters. The summed E-state index contributed by atoms with van der Waals surface area (Å²) in [7, 11) is 0. The Morgan fingerprint density at radius 2 is 2.05 bits per heavy atom. The zero-order chi connectivity index (χ0) is 13.8. The molecule has 2 rings (SSSR count). The largest absolute Gasteiger partial charge is 0.492 e. The molecule has 0 bridgehead atoms. The van der Waals surface area contributed by atoms with E-state index in [-0.39, 0.29) is 5.91 Å². The molecule has 19 heavy (non-hydrogen) atoms. The standard InChI is InChI=1S/C15H20BrNO2/c1-11(2)12-9-15(18)17(10-12)7-8-19-14-5-3-13(16)4-6-14/h3-6,11-12H,7-10H2,1-2H3. The highest BCUT2D eigenvalue weighted by Gasteiger charge is 2.30. The molecule has 1 aliphatic rings. The highest BCUT2D eigenvalue weighted by Crippen LogP contribution is 2.24. The summed E-state index contributed by atoms with van der Waals surface area (Å²) in [4.78, 5) is 13.8. The molecule has 4 heteroatoms. The molecule has 1 atom stereocenters. The Balaban J connectivity index is 1.77. The van der Waals surface area contributed by atoms with Gasteiger partial charge in [0, 0.05) is 17.4 Å². The van der Waals surface area contributed by atoms with Crippen LogP contribution in [0.15, 0.2) is 28.7 Å². The van der Waals surface area contributed by atoms with Gasteiger partial charge in [0.25, 0.3) is 0 Å². The van der Waals surface area contributed by atoms with Gasteiger partial charge in [-0.3, -0.25) is 4.79 Å². The van der Waals surface area contributed by atoms with Crippen LogP contribution < -0.4 is 4.74 Å². The number of amides is 1. The van der Waals surface area contributed by atoms with Gasteiger partial charge in [0.2, 0.25) is 5.91 Å². The Kier molecular flexibility index (Phi) is 4.86. The van der Waals surface area contributed by atoms with Crippen LogP contribution in [0.25, 0.3) is 0 Å². The Morgan fingerprint density at radius 1 is 1.37 bits per heavy atom. The van der Waals surface area contributed by atoms with E-state index in [1.807, 2.05) is 29.2 Å². The van der Waals surface area contributed by atoms with Gasteiger partial charge >= 0.3 is 0 Å². The third kappa shape index (κ3) is 3.96. The molecule has 0 aromatic heterocycles. The zero-order valence-electron chi connectivity index (χ0n) is 11.4. The minimum Gasteiger partial charge on any atom is -0.492 e. The summed E-state index contributed by atoms with van der Waals surface area (Å²) in [6.07, 6.45) is 0.690. The summed E-state index contributed by atoms with van der Waals surface area (Å²) in [5, 5.41) is 0. The smallest absolute Gasteiger partial charge is 0.223 e. The van der Waals surface area contributed by atoms with Crippen LogP contribution in [0.3, 0.4) is 0 Å². The van der Waals surface area contributed by atoms with Crippen LogP contribution in [0, 0.1) is 11.8 Å². The summed E-state index contributed by atoms with van der Waals surface area (Å²) in [6.45, 7) is 6.47. The van der Waals surface area contributed by atoms with E-state index in [9.17, 15) is 4.79 Å². The average Bonchev–Trinajstić information content (AvgIpc) is 2.74. The summed E-state index contributed by atoms with van der Waals surface area (Å²) in [6, 6.07) is 7.75. The fraction of sp³-hybridized carbons (Fsp3) is 0.533. The lowest BCUT2D eigenvalue weighted by atomic mass is 9.95. The SMILES string of the molecule is CC(C)C1CC(=O)N(CCOc2ccc(Br)cc2)C1. The maximum atomic E-state index is 11.8. The van der Waals surface area contributed by atoms with Crippen molar-refractivity contribution < 1.29 is 9.53 Å². The topological polar surface area (TPSA) is 29.5 Å². The van der Waals surface area contributed by atoms with Crippen molar-refractivity contribution in [1.29, 1.82) is 0 Å². The highest BCUT2D eigenvalue weighted by molar-refractivity contribution is 9.10. The lowest BCUT2D eigenvalue weighted by Gasteiger charge is -2.18. The van der Waals surface area contributed by atoms with Crippen molar-refractivity contribution in [2.45, 2.75) is 20.3 Å². The molecule has 1 heterocycles. The van der Waals surface area contributed by atoms with Crippen LogP contribution in [0.4, 0.5) is 0 Å². The molecule has 1 aromatic carbocycles. The van der Waals surface area contributed by atoms with Gasteiger partial charge in [0.1, 0.15) is 12.4 Å². The number of nitrogens with zero attached hydrogens (tertiary/aromatic N) is 1. The van der Waals surface area contributed by atoms with Crippen molar-refractivity contribution in [2.24, 2.45) is 11.8 Å². The fourth-order valence-electron chi connectivity index (χ4n) is 2.27. The summed E-state index contributed by atoms with van der Waals surface area (Å²) >= 11 is 3.39. The molecule has 0 radical (unpaired) electrons. The highest BCUT2D eigenvalue weighted by atomic mass is 79.9. The molecule has 0 aliphatic carbocycles. The van der Waals surface area contributed by atoms with Crippen LogP contribution in [-0.4, -0.2) is 30.5 Å². The number of carbonyl (C=O) groups excluding carboxylic acids is 1. The Bertz CT molecular complexity index is 430. The maximum Gasteiger partial charge on any atom is 0.223 e. The van der Waals surface area contributed by atoms with Gasteiger partial charge in [-0.2, -0.15) is 0 Å². The van der Waals surface area contributed by atoms with Crippen molar-refractivity contribution in [3.05, 3.63) is 28.7 Å². The Labute approximate surface area is 123 Å². The first-order valence-corrected chi connectivity index (χ1v) is 7.51. The number of hydrogen-bond acceptors (Lipinski definition) is 2. The fourth-order valence-corrected chi connectivity index (χ4v) is 2.53. The van der Waals surface area contributed by atoms with Crippen LogP contribution in [0.5, 0.6) is 5.75 Å². The first-order chi connectivity index (χ1) is 9.06. The van der Waals surface area contributed by atoms with E-state index in [1.165, 1.54) is 0 Å². The van der Waals surface area contributed by atoms with Gasteiger partial charge < -0.3 is 9.64 Å². The second kappa shape index (κ2) is 6.42. The molecule has 0 spiro atoms. The van der Waals surface area contributed by atoms with Gasteiger partial charge in [-0.15, -0.1) is 0 Å². The lowest BCUT2D eigenvalue weighted by Crippen LogP contribution is -2.30. The van der Waals surface area contributed by atoms with Crippen molar-refractivity contribution in [3.63, 3.8) is 0 Å². The van der Waals surface area contributed by atoms with Gasteiger partial charge in [-0.25, -0.2) is 0 Å². The van der Waals surface area contributed by atoms with Crippen molar-refractivity contribution in [2.75, 3.05) is 19.7 Å². The molecule has 104 valence electrons. The lowest BCUT2D eigenvalue weighted by molar-refractivity contribution is -0.128. The minimum absolute atomic E-state index is 0.262. The molecular formula is C15H20BrNO2. The van der Waals surface area contributed by atoms with Crippen molar-refractivity contribution >= 4 is 21.8 Å². The third-order valence-electron chi connectivity index (χ3n) is 3.63. The van der Waals surface area contributed by atoms with E-state index in [2.05, 4.69) is 29.8 Å². The van der Waals surface area contributed by atoms with Crippen LogP contribution in [-0.2, 0) is 4.79 Å². The third-order valence-corrected chi connectivity index (χ3v) is 4.16. The number of likely N-dealkylation sites (tertiary alicyclic amines) is 1. The molecule has 1 fully saturated rings. The predicted molar refractivity (Wildman–Crippen MR) is 79.2 cm³/mol. The van der Waals surface area contributed by atoms with Crippen molar-refractivity contribution in [1.82, 2.24) is 4.90 Å². The number of halogens is 1. The summed E-state index contributed by atoms with van der Waals surface area (Å²) in [5.41, 5.74) is 0. The maximum absolute atomic E-state index is 11.8. The van der Waals surface area contributed by atoms with E-state index >= 15 is 0 Å². The monoisotopic (exact) mass is 325 g/mol. The molecule has 0 saturated carbocycles. The number of ether oxygens (including phenoxy) is 1. The number of carbonyl (C=O) groups is 1.